The number of urea groups is 1. The van der Waals surface area contributed by atoms with E-state index in [2.05, 4.69) is 20.6 Å². The molecule has 1 aliphatic rings. The summed E-state index contributed by atoms with van der Waals surface area (Å²) in [5.41, 5.74) is 2.15. The topological polar surface area (TPSA) is 85.4 Å². The number of amides is 2. The van der Waals surface area contributed by atoms with E-state index in [0.29, 0.717) is 30.3 Å². The number of rotatable bonds is 6. The van der Waals surface area contributed by atoms with E-state index in [9.17, 15) is 4.79 Å². The summed E-state index contributed by atoms with van der Waals surface area (Å²) in [6.45, 7) is 3.44. The number of hydrogen-bond acceptors (Lipinski definition) is 5. The van der Waals surface area contributed by atoms with E-state index in [4.69, 9.17) is 9.47 Å². The molecule has 1 fully saturated rings. The first kappa shape index (κ1) is 17.2. The quantitative estimate of drug-likeness (QED) is 0.843. The normalized spacial score (nSPS) is 16.4. The van der Waals surface area contributed by atoms with Crippen molar-refractivity contribution in [3.8, 4) is 5.75 Å². The second-order valence-corrected chi connectivity index (χ2v) is 5.90. The van der Waals surface area contributed by atoms with Gasteiger partial charge in [0.05, 0.1) is 35.9 Å². The largest absolute Gasteiger partial charge is 0.489 e. The second kappa shape index (κ2) is 8.43. The molecule has 2 heterocycles. The molecule has 1 aliphatic heterocycles. The SMILES string of the molecule is Cc1cnc(CNC(=O)Nc2ccccc2OC[C@H]2CCCO2)cn1. The predicted octanol–water partition coefficient (Wildman–Crippen LogP) is 2.66. The van der Waals surface area contributed by atoms with Crippen molar-refractivity contribution in [2.24, 2.45) is 0 Å². The van der Waals surface area contributed by atoms with Crippen LogP contribution in [0.4, 0.5) is 10.5 Å². The summed E-state index contributed by atoms with van der Waals surface area (Å²) < 4.78 is 11.4. The standard InChI is InChI=1S/C18H22N4O3/c1-13-9-20-14(10-19-13)11-21-18(23)22-16-6-2-3-7-17(16)25-12-15-5-4-8-24-15/h2-3,6-7,9-10,15H,4-5,8,11-12H2,1H3,(H2,21,22,23)/t15-/m1/s1. The Kier molecular flexibility index (Phi) is 5.79. The minimum Gasteiger partial charge on any atom is -0.489 e. The van der Waals surface area contributed by atoms with Crippen molar-refractivity contribution in [3.05, 3.63) is 48.0 Å². The lowest BCUT2D eigenvalue weighted by Gasteiger charge is -2.15. The van der Waals surface area contributed by atoms with E-state index in [1.54, 1.807) is 18.5 Å². The Morgan fingerprint density at radius 2 is 2.20 bits per heavy atom. The maximum atomic E-state index is 12.1. The first-order chi connectivity index (χ1) is 12.2. The maximum Gasteiger partial charge on any atom is 0.319 e. The van der Waals surface area contributed by atoms with Crippen LogP contribution in [0.15, 0.2) is 36.7 Å². The average molecular weight is 342 g/mol. The number of aromatic nitrogens is 2. The molecule has 0 saturated carbocycles. The van der Waals surface area contributed by atoms with Crippen LogP contribution in [0.3, 0.4) is 0 Å². The van der Waals surface area contributed by atoms with Crippen molar-refractivity contribution in [2.45, 2.75) is 32.4 Å². The summed E-state index contributed by atoms with van der Waals surface area (Å²) in [6.07, 6.45) is 5.52. The van der Waals surface area contributed by atoms with Gasteiger partial charge in [0.25, 0.3) is 0 Å². The fourth-order valence-electron chi connectivity index (χ4n) is 2.50. The third-order valence-electron chi connectivity index (χ3n) is 3.85. The van der Waals surface area contributed by atoms with Gasteiger partial charge >= 0.3 is 6.03 Å². The van der Waals surface area contributed by atoms with Gasteiger partial charge in [0.1, 0.15) is 12.4 Å². The van der Waals surface area contributed by atoms with E-state index in [-0.39, 0.29) is 12.1 Å². The minimum atomic E-state index is -0.324. The second-order valence-electron chi connectivity index (χ2n) is 5.90. The number of carbonyl (C=O) groups excluding carboxylic acids is 1. The number of anilines is 1. The highest BCUT2D eigenvalue weighted by Crippen LogP contribution is 2.25. The summed E-state index contributed by atoms with van der Waals surface area (Å²) in [5.74, 6) is 0.628. The smallest absolute Gasteiger partial charge is 0.319 e. The van der Waals surface area contributed by atoms with Gasteiger partial charge in [-0.1, -0.05) is 12.1 Å². The molecule has 1 atom stereocenters. The van der Waals surface area contributed by atoms with Gasteiger partial charge in [-0.15, -0.1) is 0 Å². The first-order valence-corrected chi connectivity index (χ1v) is 8.36. The lowest BCUT2D eigenvalue weighted by Crippen LogP contribution is -2.29. The van der Waals surface area contributed by atoms with Gasteiger partial charge in [-0.2, -0.15) is 0 Å². The van der Waals surface area contributed by atoms with E-state index in [0.717, 1.165) is 25.1 Å². The molecule has 2 aromatic rings. The molecule has 3 rings (SSSR count). The van der Waals surface area contributed by atoms with Crippen molar-refractivity contribution >= 4 is 11.7 Å². The van der Waals surface area contributed by atoms with Crippen LogP contribution in [0.5, 0.6) is 5.75 Å². The van der Waals surface area contributed by atoms with Crippen LogP contribution in [0, 0.1) is 6.92 Å². The molecule has 2 N–H and O–H groups in total. The van der Waals surface area contributed by atoms with Crippen LogP contribution < -0.4 is 15.4 Å². The Labute approximate surface area is 146 Å². The lowest BCUT2D eigenvalue weighted by molar-refractivity contribution is 0.0682. The van der Waals surface area contributed by atoms with Crippen LogP contribution in [0.2, 0.25) is 0 Å². The van der Waals surface area contributed by atoms with Crippen molar-refractivity contribution in [1.29, 1.82) is 0 Å². The Balaban J connectivity index is 1.52. The fraction of sp³-hybridized carbons (Fsp3) is 0.389. The van der Waals surface area contributed by atoms with Crippen LogP contribution in [-0.4, -0.2) is 35.3 Å². The van der Waals surface area contributed by atoms with E-state index in [1.807, 2.05) is 25.1 Å². The molecule has 0 bridgehead atoms. The average Bonchev–Trinajstić information content (AvgIpc) is 3.14. The Hall–Kier alpha value is -2.67. The number of carbonyl (C=O) groups is 1. The molecule has 0 radical (unpaired) electrons. The van der Waals surface area contributed by atoms with Gasteiger partial charge in [-0.3, -0.25) is 9.97 Å². The first-order valence-electron chi connectivity index (χ1n) is 8.36. The Morgan fingerprint density at radius 3 is 2.96 bits per heavy atom. The molecule has 7 heteroatoms. The number of aryl methyl sites for hydroxylation is 1. The molecule has 132 valence electrons. The van der Waals surface area contributed by atoms with E-state index >= 15 is 0 Å². The predicted molar refractivity (Wildman–Crippen MR) is 93.5 cm³/mol. The van der Waals surface area contributed by atoms with Crippen LogP contribution in [0.25, 0.3) is 0 Å². The molecule has 0 aliphatic carbocycles. The molecule has 25 heavy (non-hydrogen) atoms. The van der Waals surface area contributed by atoms with Gasteiger partial charge in [0, 0.05) is 12.8 Å². The summed E-state index contributed by atoms with van der Waals surface area (Å²) in [7, 11) is 0. The fourth-order valence-corrected chi connectivity index (χ4v) is 2.50. The van der Waals surface area contributed by atoms with E-state index in [1.165, 1.54) is 0 Å². The number of ether oxygens (including phenoxy) is 2. The Bertz CT molecular complexity index is 700. The van der Waals surface area contributed by atoms with Gasteiger partial charge < -0.3 is 20.1 Å². The third-order valence-corrected chi connectivity index (χ3v) is 3.85. The number of nitrogens with one attached hydrogen (secondary N) is 2. The van der Waals surface area contributed by atoms with Crippen molar-refractivity contribution < 1.29 is 14.3 Å². The highest BCUT2D eigenvalue weighted by Gasteiger charge is 2.17. The highest BCUT2D eigenvalue weighted by molar-refractivity contribution is 5.90. The number of nitrogens with zero attached hydrogens (tertiary/aromatic N) is 2. The van der Waals surface area contributed by atoms with E-state index < -0.39 is 0 Å². The van der Waals surface area contributed by atoms with Gasteiger partial charge in [0.15, 0.2) is 0 Å². The number of hydrogen-bond donors (Lipinski definition) is 2. The zero-order valence-electron chi connectivity index (χ0n) is 14.2. The summed E-state index contributed by atoms with van der Waals surface area (Å²) >= 11 is 0. The van der Waals surface area contributed by atoms with Crippen LogP contribution in [0.1, 0.15) is 24.2 Å². The van der Waals surface area contributed by atoms with Crippen molar-refractivity contribution in [3.63, 3.8) is 0 Å². The highest BCUT2D eigenvalue weighted by atomic mass is 16.5. The molecular weight excluding hydrogens is 320 g/mol. The zero-order chi connectivity index (χ0) is 17.5. The molecule has 7 nitrogen and oxygen atoms in total. The Morgan fingerprint density at radius 1 is 1.32 bits per heavy atom. The third kappa shape index (κ3) is 5.15. The van der Waals surface area contributed by atoms with Gasteiger partial charge in [-0.25, -0.2) is 4.79 Å². The summed E-state index contributed by atoms with van der Waals surface area (Å²) in [4.78, 5) is 20.5. The summed E-state index contributed by atoms with van der Waals surface area (Å²) in [5, 5.41) is 5.56. The van der Waals surface area contributed by atoms with Gasteiger partial charge in [-0.05, 0) is 31.9 Å². The molecule has 0 unspecified atom stereocenters. The zero-order valence-corrected chi connectivity index (χ0v) is 14.2. The lowest BCUT2D eigenvalue weighted by atomic mass is 10.2. The molecular formula is C18H22N4O3. The van der Waals surface area contributed by atoms with Crippen LogP contribution >= 0.6 is 0 Å². The van der Waals surface area contributed by atoms with Crippen molar-refractivity contribution in [2.75, 3.05) is 18.5 Å². The van der Waals surface area contributed by atoms with Crippen LogP contribution in [-0.2, 0) is 11.3 Å². The molecule has 0 spiro atoms. The summed E-state index contributed by atoms with van der Waals surface area (Å²) in [6, 6.07) is 7.03. The molecule has 2 amide bonds. The van der Waals surface area contributed by atoms with Crippen molar-refractivity contribution in [1.82, 2.24) is 15.3 Å². The van der Waals surface area contributed by atoms with Gasteiger partial charge in [0.2, 0.25) is 0 Å². The minimum absolute atomic E-state index is 0.127. The molecule has 1 aromatic heterocycles. The maximum absolute atomic E-state index is 12.1. The molecule has 1 aromatic carbocycles. The number of para-hydroxylation sites is 2. The number of benzene rings is 1. The monoisotopic (exact) mass is 342 g/mol. The molecule has 1 saturated heterocycles.